The highest BCUT2D eigenvalue weighted by Gasteiger charge is 2.29. The second-order valence-electron chi connectivity index (χ2n) is 7.81. The largest absolute Gasteiger partial charge is 0.507 e. The molecule has 0 aliphatic carbocycles. The van der Waals surface area contributed by atoms with Gasteiger partial charge in [0, 0.05) is 11.3 Å². The maximum atomic E-state index is 12.7. The van der Waals surface area contributed by atoms with Crippen LogP contribution in [0, 0.1) is 25.2 Å². The second kappa shape index (κ2) is 12.3. The Morgan fingerprint density at radius 3 is 2.41 bits per heavy atom. The monoisotopic (exact) mass is 529 g/mol. The first-order chi connectivity index (χ1) is 17.5. The molecular formula is C24H31N7O5S. The van der Waals surface area contributed by atoms with Crippen LogP contribution in [-0.2, 0) is 21.3 Å². The summed E-state index contributed by atoms with van der Waals surface area (Å²) in [7, 11) is -1.25. The zero-order chi connectivity index (χ0) is 27.9. The molecule has 0 radical (unpaired) electrons. The van der Waals surface area contributed by atoms with Gasteiger partial charge in [-0.1, -0.05) is 18.2 Å². The van der Waals surface area contributed by atoms with Crippen molar-refractivity contribution in [2.45, 2.75) is 38.4 Å². The number of nitrogens with zero attached hydrogens (tertiary/aromatic N) is 4. The zero-order valence-corrected chi connectivity index (χ0v) is 22.1. The van der Waals surface area contributed by atoms with E-state index in [0.717, 1.165) is 28.1 Å². The van der Waals surface area contributed by atoms with Gasteiger partial charge in [0.2, 0.25) is 0 Å². The van der Waals surface area contributed by atoms with Gasteiger partial charge in [-0.05, 0) is 70.3 Å². The number of aryl methyl sites for hydroxylation is 1. The highest BCUT2D eigenvalue weighted by atomic mass is 32.2. The number of sulfonamides is 1. The Hall–Kier alpha value is -3.96. The lowest BCUT2D eigenvalue weighted by molar-refractivity contribution is 0.0767. The maximum absolute atomic E-state index is 12.7. The summed E-state index contributed by atoms with van der Waals surface area (Å²) in [5.41, 5.74) is 8.58. The molecule has 1 aromatic heterocycles. The number of phenols is 1. The van der Waals surface area contributed by atoms with Gasteiger partial charge in [0.05, 0.1) is 22.7 Å². The van der Waals surface area contributed by atoms with Gasteiger partial charge in [-0.25, -0.2) is 10.6 Å². The van der Waals surface area contributed by atoms with Gasteiger partial charge in [0.25, 0.3) is 10.0 Å². The summed E-state index contributed by atoms with van der Waals surface area (Å²) in [6, 6.07) is 12.7. The Bertz CT molecular complexity index is 1400. The number of benzene rings is 2. The Labute approximate surface area is 216 Å². The molecule has 0 aliphatic rings. The van der Waals surface area contributed by atoms with Crippen molar-refractivity contribution in [2.24, 2.45) is 11.6 Å². The van der Waals surface area contributed by atoms with E-state index in [1.165, 1.54) is 32.2 Å². The number of aromatic hydroxyl groups is 1. The zero-order valence-electron chi connectivity index (χ0n) is 21.3. The van der Waals surface area contributed by atoms with Crippen LogP contribution in [0.2, 0.25) is 0 Å². The first-order valence-corrected chi connectivity index (χ1v) is 12.6. The summed E-state index contributed by atoms with van der Waals surface area (Å²) in [5, 5.41) is 26.3. The normalized spacial score (nSPS) is 11.6. The third-order valence-electron chi connectivity index (χ3n) is 5.46. The number of aromatic nitrogens is 2. The Morgan fingerprint density at radius 1 is 1.24 bits per heavy atom. The Balaban J connectivity index is 0.00000235. The minimum Gasteiger partial charge on any atom is -0.507 e. The summed E-state index contributed by atoms with van der Waals surface area (Å²) in [6.07, 6.45) is -1.93. The minimum atomic E-state index is -4.30. The van der Waals surface area contributed by atoms with E-state index in [2.05, 4.69) is 16.1 Å². The maximum Gasteiger partial charge on any atom is 0.440 e. The number of nitrogens with two attached hydrogens (primary N) is 2. The van der Waals surface area contributed by atoms with Crippen molar-refractivity contribution in [3.8, 4) is 22.9 Å². The molecule has 1 unspecified atom stereocenters. The number of hydrogen-bond acceptors (Lipinski definition) is 10. The van der Waals surface area contributed by atoms with E-state index < -0.39 is 22.3 Å². The van der Waals surface area contributed by atoms with Gasteiger partial charge >= 0.3 is 6.09 Å². The fraction of sp³-hybridized carbons (Fsp3) is 0.292. The van der Waals surface area contributed by atoms with Crippen molar-refractivity contribution in [3.05, 3.63) is 65.0 Å². The predicted molar refractivity (Wildman–Crippen MR) is 137 cm³/mol. The van der Waals surface area contributed by atoms with Gasteiger partial charge in [-0.2, -0.15) is 18.8 Å². The highest BCUT2D eigenvalue weighted by Crippen LogP contribution is 2.31. The van der Waals surface area contributed by atoms with E-state index in [-0.39, 0.29) is 20.6 Å². The summed E-state index contributed by atoms with van der Waals surface area (Å²) in [4.78, 5) is 11.8. The topological polar surface area (TPSA) is 190 Å². The molecule has 13 heteroatoms. The summed E-state index contributed by atoms with van der Waals surface area (Å²) < 4.78 is 32.0. The number of nitriles is 1. The molecule has 1 amide bonds. The highest BCUT2D eigenvalue weighted by molar-refractivity contribution is 7.89. The van der Waals surface area contributed by atoms with Crippen LogP contribution >= 0.6 is 0 Å². The molecule has 0 spiro atoms. The lowest BCUT2D eigenvalue weighted by atomic mass is 10.0. The van der Waals surface area contributed by atoms with Crippen molar-refractivity contribution >= 4 is 16.1 Å². The summed E-state index contributed by atoms with van der Waals surface area (Å²) >= 11 is 0. The summed E-state index contributed by atoms with van der Waals surface area (Å²) in [5.74, 6) is 5.40. The number of carbonyl (C=O) groups excluding carboxylic acids is 1. The predicted octanol–water partition coefficient (Wildman–Crippen LogP) is 1.93. The van der Waals surface area contributed by atoms with Crippen LogP contribution < -0.4 is 16.9 Å². The van der Waals surface area contributed by atoms with Crippen molar-refractivity contribution in [1.82, 2.24) is 19.5 Å². The van der Waals surface area contributed by atoms with Crippen LogP contribution in [0.25, 0.3) is 11.1 Å². The van der Waals surface area contributed by atoms with E-state index in [1.807, 2.05) is 19.9 Å². The summed E-state index contributed by atoms with van der Waals surface area (Å²) in [6.45, 7) is 5.60. The van der Waals surface area contributed by atoms with E-state index >= 15 is 0 Å². The number of phenolic OH excluding ortho intramolecular Hbond substituents is 1. The Kier molecular flexibility index (Phi) is 9.75. The van der Waals surface area contributed by atoms with Gasteiger partial charge in [-0.15, -0.1) is 4.41 Å². The molecule has 2 aromatic carbocycles. The fourth-order valence-corrected chi connectivity index (χ4v) is 4.41. The number of amides is 1. The number of rotatable bonds is 7. The lowest BCUT2D eigenvalue weighted by Crippen LogP contribution is -2.45. The first kappa shape index (κ1) is 29.3. The van der Waals surface area contributed by atoms with Gasteiger partial charge in [0.15, 0.2) is 6.23 Å². The van der Waals surface area contributed by atoms with Gasteiger partial charge < -0.3 is 15.6 Å². The van der Waals surface area contributed by atoms with Crippen LogP contribution in [0.1, 0.15) is 29.4 Å². The SMILES string of the molecule is CN.CNC(C)OC(=O)N(N)S(=O)(=O)c1ccc(Cn2nc(C)c(-c3ccc(C#N)c(O)c3)c2C)cc1. The molecule has 198 valence electrons. The second-order valence-corrected chi connectivity index (χ2v) is 9.62. The number of nitrogens with one attached hydrogen (secondary N) is 1. The van der Waals surface area contributed by atoms with Crippen LogP contribution in [-0.4, -0.2) is 54.1 Å². The molecule has 0 saturated carbocycles. The average Bonchev–Trinajstić information content (AvgIpc) is 3.16. The number of hydrogen-bond donors (Lipinski definition) is 4. The van der Waals surface area contributed by atoms with Crippen LogP contribution in [0.4, 0.5) is 4.79 Å². The fourth-order valence-electron chi connectivity index (χ4n) is 3.46. The molecule has 0 bridgehead atoms. The third kappa shape index (κ3) is 6.43. The average molecular weight is 530 g/mol. The third-order valence-corrected chi connectivity index (χ3v) is 7.00. The Morgan fingerprint density at radius 2 is 1.86 bits per heavy atom. The number of hydrazine groups is 1. The molecule has 1 atom stereocenters. The van der Waals surface area contributed by atoms with Crippen molar-refractivity contribution in [3.63, 3.8) is 0 Å². The molecule has 12 nitrogen and oxygen atoms in total. The molecule has 0 aliphatic heterocycles. The molecule has 6 N–H and O–H groups in total. The van der Waals surface area contributed by atoms with Crippen LogP contribution in [0.5, 0.6) is 5.75 Å². The molecular weight excluding hydrogens is 498 g/mol. The number of carbonyl (C=O) groups is 1. The first-order valence-electron chi connectivity index (χ1n) is 11.1. The lowest BCUT2D eigenvalue weighted by Gasteiger charge is -2.19. The van der Waals surface area contributed by atoms with Crippen molar-refractivity contribution in [1.29, 1.82) is 5.26 Å². The van der Waals surface area contributed by atoms with Crippen LogP contribution in [0.3, 0.4) is 0 Å². The van der Waals surface area contributed by atoms with Crippen molar-refractivity contribution < 1.29 is 23.1 Å². The smallest absolute Gasteiger partial charge is 0.440 e. The van der Waals surface area contributed by atoms with E-state index in [0.29, 0.717) is 6.54 Å². The molecule has 0 fully saturated rings. The van der Waals surface area contributed by atoms with E-state index in [1.54, 1.807) is 36.0 Å². The molecule has 0 saturated heterocycles. The van der Waals surface area contributed by atoms with Gasteiger partial charge in [-0.3, -0.25) is 10.00 Å². The van der Waals surface area contributed by atoms with E-state index in [9.17, 15) is 18.3 Å². The molecule has 3 rings (SSSR count). The number of ether oxygens (including phenoxy) is 1. The van der Waals surface area contributed by atoms with E-state index in [4.69, 9.17) is 15.8 Å². The molecule has 37 heavy (non-hydrogen) atoms. The minimum absolute atomic E-state index is 0.0656. The van der Waals surface area contributed by atoms with Gasteiger partial charge in [0.1, 0.15) is 11.8 Å². The van der Waals surface area contributed by atoms with Crippen LogP contribution in [0.15, 0.2) is 47.4 Å². The molecule has 1 heterocycles. The quantitative estimate of drug-likeness (QED) is 0.152. The molecule has 3 aromatic rings. The standard InChI is InChI=1S/C23H26N6O5S.CH5N/c1-14-22(18-7-8-19(12-24)21(30)11-18)15(2)28(27-14)13-17-5-9-20(10-6-17)35(32,33)29(25)23(31)34-16(3)26-4;1-2/h5-11,16,26,30H,13,25H2,1-4H3;2H2,1H3. The van der Waals surface area contributed by atoms with Crippen molar-refractivity contribution in [2.75, 3.05) is 14.1 Å².